The summed E-state index contributed by atoms with van der Waals surface area (Å²) in [7, 11) is 4.13. The Morgan fingerprint density at radius 2 is 1.68 bits per heavy atom. The van der Waals surface area contributed by atoms with Crippen molar-refractivity contribution in [2.45, 2.75) is 17.4 Å². The van der Waals surface area contributed by atoms with Crippen LogP contribution in [0.15, 0.2) is 59.5 Å². The molecule has 0 saturated heterocycles. The molecule has 0 fully saturated rings. The van der Waals surface area contributed by atoms with Crippen molar-refractivity contribution in [1.82, 2.24) is 4.90 Å². The fourth-order valence-electron chi connectivity index (χ4n) is 2.44. The number of likely N-dealkylation sites (N-methyl/N-ethyl adjacent to an activating group) is 1. The van der Waals surface area contributed by atoms with Crippen LogP contribution in [0, 0.1) is 0 Å². The maximum absolute atomic E-state index is 6.36. The predicted octanol–water partition coefficient (Wildman–Crippen LogP) is 4.25. The number of thioether (sulfide) groups is 1. The van der Waals surface area contributed by atoms with Crippen molar-refractivity contribution in [3.8, 4) is 0 Å². The van der Waals surface area contributed by atoms with Crippen molar-refractivity contribution in [2.24, 2.45) is 0 Å². The predicted molar refractivity (Wildman–Crippen MR) is 95.6 cm³/mol. The van der Waals surface area contributed by atoms with Crippen LogP contribution in [0.3, 0.4) is 0 Å². The number of ether oxygens (including phenoxy) is 1. The molecule has 0 aliphatic rings. The third-order valence-corrected chi connectivity index (χ3v) is 4.60. The van der Waals surface area contributed by atoms with Gasteiger partial charge in [0.25, 0.3) is 0 Å². The van der Waals surface area contributed by atoms with Crippen LogP contribution < -0.4 is 0 Å². The zero-order valence-electron chi connectivity index (χ0n) is 13.9. The summed E-state index contributed by atoms with van der Waals surface area (Å²) in [6.07, 6.45) is 2.10. The van der Waals surface area contributed by atoms with Gasteiger partial charge in [-0.3, -0.25) is 0 Å². The highest BCUT2D eigenvalue weighted by Crippen LogP contribution is 2.34. The number of hydrogen-bond donors (Lipinski definition) is 0. The first-order chi connectivity index (χ1) is 10.6. The molecule has 1 unspecified atom stereocenters. The van der Waals surface area contributed by atoms with E-state index in [1.54, 1.807) is 11.8 Å². The minimum absolute atomic E-state index is 0.428. The van der Waals surface area contributed by atoms with E-state index in [0.29, 0.717) is 6.61 Å². The van der Waals surface area contributed by atoms with Crippen LogP contribution in [0.5, 0.6) is 0 Å². The maximum atomic E-state index is 6.36. The molecule has 0 heterocycles. The van der Waals surface area contributed by atoms with Gasteiger partial charge in [-0.2, -0.15) is 0 Å². The van der Waals surface area contributed by atoms with E-state index in [-0.39, 0.29) is 0 Å². The Bertz CT molecular complexity index is 585. The van der Waals surface area contributed by atoms with Crippen LogP contribution in [0.1, 0.15) is 18.1 Å². The normalized spacial score (nSPS) is 14.0. The Kier molecular flexibility index (Phi) is 6.07. The van der Waals surface area contributed by atoms with Gasteiger partial charge in [0.05, 0.1) is 6.61 Å². The fourth-order valence-corrected chi connectivity index (χ4v) is 2.90. The third kappa shape index (κ3) is 4.13. The van der Waals surface area contributed by atoms with Gasteiger partial charge >= 0.3 is 0 Å². The van der Waals surface area contributed by atoms with Crippen LogP contribution in [0.2, 0.25) is 0 Å². The van der Waals surface area contributed by atoms with Crippen molar-refractivity contribution < 1.29 is 4.74 Å². The van der Waals surface area contributed by atoms with Crippen LogP contribution in [-0.4, -0.2) is 38.4 Å². The van der Waals surface area contributed by atoms with Gasteiger partial charge in [-0.25, -0.2) is 0 Å². The number of nitrogens with zero attached hydrogens (tertiary/aromatic N) is 1. The van der Waals surface area contributed by atoms with Crippen molar-refractivity contribution in [1.29, 1.82) is 0 Å². The number of rotatable bonds is 7. The van der Waals surface area contributed by atoms with Gasteiger partial charge in [0.15, 0.2) is 0 Å². The van der Waals surface area contributed by atoms with Gasteiger partial charge < -0.3 is 9.64 Å². The second-order valence-electron chi connectivity index (χ2n) is 5.78. The van der Waals surface area contributed by atoms with E-state index in [1.165, 1.54) is 16.0 Å². The Morgan fingerprint density at radius 3 is 2.32 bits per heavy atom. The summed E-state index contributed by atoms with van der Waals surface area (Å²) in [4.78, 5) is 3.40. The highest BCUT2D eigenvalue weighted by Gasteiger charge is 2.30. The molecule has 0 spiro atoms. The Balaban J connectivity index is 2.36. The van der Waals surface area contributed by atoms with Gasteiger partial charge in [-0.05, 0) is 50.5 Å². The smallest absolute Gasteiger partial charge is 0.115 e. The molecular formula is C19H25NOS. The minimum Gasteiger partial charge on any atom is -0.365 e. The molecular weight excluding hydrogens is 290 g/mol. The molecule has 0 saturated carbocycles. The second-order valence-corrected chi connectivity index (χ2v) is 6.66. The first-order valence-electron chi connectivity index (χ1n) is 7.55. The van der Waals surface area contributed by atoms with E-state index >= 15 is 0 Å². The zero-order valence-corrected chi connectivity index (χ0v) is 14.7. The lowest BCUT2D eigenvalue weighted by Crippen LogP contribution is -2.31. The molecule has 0 amide bonds. The molecule has 3 heteroatoms. The standard InChI is InChI=1S/C19H25NOS/c1-19(21-14-13-20(2)3,16-9-6-5-7-10-16)17-11-8-12-18(15-17)22-4/h5-12,15H,13-14H2,1-4H3. The quantitative estimate of drug-likeness (QED) is 0.709. The van der Waals surface area contributed by atoms with E-state index in [9.17, 15) is 0 Å². The van der Waals surface area contributed by atoms with Crippen LogP contribution >= 0.6 is 11.8 Å². The molecule has 0 N–H and O–H groups in total. The molecule has 2 aromatic rings. The van der Waals surface area contributed by atoms with Crippen LogP contribution in [0.25, 0.3) is 0 Å². The molecule has 0 aromatic heterocycles. The molecule has 2 rings (SSSR count). The Labute approximate surface area is 138 Å². The summed E-state index contributed by atoms with van der Waals surface area (Å²) in [5.74, 6) is 0. The third-order valence-electron chi connectivity index (χ3n) is 3.87. The molecule has 118 valence electrons. The molecule has 0 radical (unpaired) electrons. The molecule has 0 bridgehead atoms. The summed E-state index contributed by atoms with van der Waals surface area (Å²) in [6.45, 7) is 3.77. The highest BCUT2D eigenvalue weighted by molar-refractivity contribution is 7.98. The summed E-state index contributed by atoms with van der Waals surface area (Å²) in [6, 6.07) is 19.1. The lowest BCUT2D eigenvalue weighted by Gasteiger charge is -2.32. The Hall–Kier alpha value is -1.29. The first-order valence-corrected chi connectivity index (χ1v) is 8.77. The van der Waals surface area contributed by atoms with Crippen LogP contribution in [-0.2, 0) is 10.3 Å². The summed E-state index contributed by atoms with van der Waals surface area (Å²) in [5, 5.41) is 0. The van der Waals surface area contributed by atoms with Crippen molar-refractivity contribution in [3.05, 3.63) is 65.7 Å². The van der Waals surface area contributed by atoms with E-state index < -0.39 is 5.60 Å². The highest BCUT2D eigenvalue weighted by atomic mass is 32.2. The van der Waals surface area contributed by atoms with Gasteiger partial charge in [-0.15, -0.1) is 11.8 Å². The SMILES string of the molecule is CSc1cccc(C(C)(OCCN(C)C)c2ccccc2)c1. The molecule has 1 atom stereocenters. The van der Waals surface area contributed by atoms with Crippen molar-refractivity contribution in [3.63, 3.8) is 0 Å². The maximum Gasteiger partial charge on any atom is 0.115 e. The van der Waals surface area contributed by atoms with Gasteiger partial charge in [0.2, 0.25) is 0 Å². The molecule has 2 nitrogen and oxygen atoms in total. The summed E-state index contributed by atoms with van der Waals surface area (Å²) in [5.41, 5.74) is 1.96. The molecule has 2 aromatic carbocycles. The zero-order chi connectivity index (χ0) is 16.0. The topological polar surface area (TPSA) is 12.5 Å². The monoisotopic (exact) mass is 315 g/mol. The van der Waals surface area contributed by atoms with E-state index in [4.69, 9.17) is 4.74 Å². The van der Waals surface area contributed by atoms with Crippen LogP contribution in [0.4, 0.5) is 0 Å². The van der Waals surface area contributed by atoms with E-state index in [1.807, 2.05) is 6.07 Å². The number of hydrogen-bond acceptors (Lipinski definition) is 3. The molecule has 0 aliphatic carbocycles. The Morgan fingerprint density at radius 1 is 1.00 bits per heavy atom. The average Bonchev–Trinajstić information content (AvgIpc) is 2.55. The molecule has 22 heavy (non-hydrogen) atoms. The molecule has 0 aliphatic heterocycles. The van der Waals surface area contributed by atoms with E-state index in [0.717, 1.165) is 6.54 Å². The average molecular weight is 315 g/mol. The summed E-state index contributed by atoms with van der Waals surface area (Å²) < 4.78 is 6.36. The minimum atomic E-state index is -0.428. The van der Waals surface area contributed by atoms with Gasteiger partial charge in [0.1, 0.15) is 5.60 Å². The fraction of sp³-hybridized carbons (Fsp3) is 0.368. The lowest BCUT2D eigenvalue weighted by molar-refractivity contribution is -0.0103. The van der Waals surface area contributed by atoms with Gasteiger partial charge in [-0.1, -0.05) is 42.5 Å². The van der Waals surface area contributed by atoms with Crippen molar-refractivity contribution >= 4 is 11.8 Å². The van der Waals surface area contributed by atoms with Crippen molar-refractivity contribution in [2.75, 3.05) is 33.5 Å². The second kappa shape index (κ2) is 7.82. The first kappa shape index (κ1) is 17.1. The lowest BCUT2D eigenvalue weighted by atomic mass is 9.88. The van der Waals surface area contributed by atoms with Gasteiger partial charge in [0, 0.05) is 11.4 Å². The van der Waals surface area contributed by atoms with E-state index in [2.05, 4.69) is 80.7 Å². The largest absolute Gasteiger partial charge is 0.365 e. The summed E-state index contributed by atoms with van der Waals surface area (Å²) >= 11 is 1.76. The number of benzene rings is 2.